The first kappa shape index (κ1) is 33.6. The minimum absolute atomic E-state index is 0.114. The van der Waals surface area contributed by atoms with Crippen LogP contribution >= 0.6 is 0 Å². The van der Waals surface area contributed by atoms with Crippen LogP contribution in [-0.2, 0) is 4.74 Å². The number of unbranched alkanes of at least 4 members (excludes halogenated alkanes) is 9. The zero-order valence-electron chi connectivity index (χ0n) is 26.0. The molecule has 232 valence electrons. The summed E-state index contributed by atoms with van der Waals surface area (Å²) >= 11 is 0. The van der Waals surface area contributed by atoms with Crippen molar-refractivity contribution < 1.29 is 23.5 Å². The SMILES string of the molecule is CCCCCCCCCN1CCN(c2ccc(C(=O)Oc3ccc(C(=O)O[C@H](C)CCCCCC)cc3)c(F)c2)CC1. The average Bonchev–Trinajstić information content (AvgIpc) is 2.99. The van der Waals surface area contributed by atoms with Crippen LogP contribution in [0.1, 0.15) is 119 Å². The molecule has 1 saturated heterocycles. The van der Waals surface area contributed by atoms with Crippen molar-refractivity contribution in [3.8, 4) is 5.75 Å². The topological polar surface area (TPSA) is 59.1 Å². The van der Waals surface area contributed by atoms with Crippen LogP contribution in [-0.4, -0.2) is 55.7 Å². The Bertz CT molecular complexity index is 1080. The van der Waals surface area contributed by atoms with E-state index in [1.165, 1.54) is 82.1 Å². The average molecular weight is 583 g/mol. The molecule has 2 aromatic rings. The van der Waals surface area contributed by atoms with E-state index < -0.39 is 17.8 Å². The molecule has 0 aliphatic carbocycles. The first-order valence-corrected chi connectivity index (χ1v) is 16.2. The first-order chi connectivity index (χ1) is 20.4. The van der Waals surface area contributed by atoms with Crippen molar-refractivity contribution in [2.45, 2.75) is 104 Å². The van der Waals surface area contributed by atoms with E-state index in [-0.39, 0.29) is 17.4 Å². The van der Waals surface area contributed by atoms with Crippen LogP contribution in [0.4, 0.5) is 10.1 Å². The molecule has 0 amide bonds. The zero-order valence-corrected chi connectivity index (χ0v) is 26.0. The summed E-state index contributed by atoms with van der Waals surface area (Å²) in [5, 5.41) is 0. The van der Waals surface area contributed by atoms with Crippen LogP contribution in [0.5, 0.6) is 5.75 Å². The molecule has 6 nitrogen and oxygen atoms in total. The number of esters is 2. The highest BCUT2D eigenvalue weighted by Crippen LogP contribution is 2.23. The molecule has 7 heteroatoms. The second kappa shape index (κ2) is 18.6. The smallest absolute Gasteiger partial charge is 0.346 e. The molecule has 0 aromatic heterocycles. The number of carbonyl (C=O) groups is 2. The van der Waals surface area contributed by atoms with Gasteiger partial charge in [-0.2, -0.15) is 0 Å². The van der Waals surface area contributed by atoms with Crippen molar-refractivity contribution >= 4 is 17.6 Å². The molecule has 42 heavy (non-hydrogen) atoms. The molecule has 0 N–H and O–H groups in total. The molecule has 0 unspecified atom stereocenters. The van der Waals surface area contributed by atoms with Gasteiger partial charge in [0.25, 0.3) is 0 Å². The number of rotatable bonds is 18. The summed E-state index contributed by atoms with van der Waals surface area (Å²) in [6, 6.07) is 10.9. The fourth-order valence-electron chi connectivity index (χ4n) is 5.38. The molecular weight excluding hydrogens is 531 g/mol. The van der Waals surface area contributed by atoms with Gasteiger partial charge in [-0.05, 0) is 75.2 Å². The van der Waals surface area contributed by atoms with E-state index in [1.54, 1.807) is 18.2 Å². The second-order valence-corrected chi connectivity index (χ2v) is 11.6. The van der Waals surface area contributed by atoms with Gasteiger partial charge in [0.1, 0.15) is 11.6 Å². The van der Waals surface area contributed by atoms with Crippen molar-refractivity contribution in [2.24, 2.45) is 0 Å². The van der Waals surface area contributed by atoms with Gasteiger partial charge in [-0.1, -0.05) is 71.6 Å². The fraction of sp³-hybridized carbons (Fsp3) is 0.600. The van der Waals surface area contributed by atoms with E-state index >= 15 is 0 Å². The normalized spacial score (nSPS) is 14.5. The molecule has 0 bridgehead atoms. The second-order valence-electron chi connectivity index (χ2n) is 11.6. The lowest BCUT2D eigenvalue weighted by atomic mass is 10.1. The first-order valence-electron chi connectivity index (χ1n) is 16.2. The number of hydrogen-bond acceptors (Lipinski definition) is 6. The van der Waals surface area contributed by atoms with E-state index in [2.05, 4.69) is 23.6 Å². The summed E-state index contributed by atoms with van der Waals surface area (Å²) < 4.78 is 25.9. The Morgan fingerprint density at radius 1 is 0.786 bits per heavy atom. The summed E-state index contributed by atoms with van der Waals surface area (Å²) in [6.07, 6.45) is 14.4. The Morgan fingerprint density at radius 2 is 1.40 bits per heavy atom. The van der Waals surface area contributed by atoms with E-state index in [1.807, 2.05) is 6.92 Å². The number of hydrogen-bond donors (Lipinski definition) is 0. The van der Waals surface area contributed by atoms with Gasteiger partial charge >= 0.3 is 11.9 Å². The van der Waals surface area contributed by atoms with E-state index in [4.69, 9.17) is 9.47 Å². The number of halogens is 1. The highest BCUT2D eigenvalue weighted by molar-refractivity contribution is 5.92. The Balaban J connectivity index is 1.42. The van der Waals surface area contributed by atoms with Gasteiger partial charge in [0.2, 0.25) is 0 Å². The highest BCUT2D eigenvalue weighted by Gasteiger charge is 2.20. The third-order valence-corrected chi connectivity index (χ3v) is 8.06. The number of nitrogens with zero attached hydrogens (tertiary/aromatic N) is 2. The number of benzene rings is 2. The van der Waals surface area contributed by atoms with E-state index in [0.717, 1.165) is 57.7 Å². The van der Waals surface area contributed by atoms with E-state index in [9.17, 15) is 14.0 Å². The quantitative estimate of drug-likeness (QED) is 0.0999. The maximum Gasteiger partial charge on any atom is 0.346 e. The van der Waals surface area contributed by atoms with Gasteiger partial charge in [0, 0.05) is 31.9 Å². The van der Waals surface area contributed by atoms with Crippen LogP contribution in [0.25, 0.3) is 0 Å². The standard InChI is InChI=1S/C35H51FN2O4/c1-4-6-8-10-11-12-14-22-37-23-25-38(26-24-37)30-18-21-32(33(36)27-30)35(40)42-31-19-16-29(17-20-31)34(39)41-28(3)15-13-9-7-5-2/h16-21,27-28H,4-15,22-26H2,1-3H3/t28-/m1/s1. The zero-order chi connectivity index (χ0) is 30.2. The van der Waals surface area contributed by atoms with Crippen molar-refractivity contribution in [3.05, 3.63) is 59.4 Å². The Kier molecular flexibility index (Phi) is 14.8. The molecule has 1 fully saturated rings. The lowest BCUT2D eigenvalue weighted by Crippen LogP contribution is -2.46. The molecule has 2 aromatic carbocycles. The minimum Gasteiger partial charge on any atom is -0.459 e. The molecule has 3 rings (SSSR count). The van der Waals surface area contributed by atoms with E-state index in [0.29, 0.717) is 5.56 Å². The van der Waals surface area contributed by atoms with Crippen LogP contribution in [0, 0.1) is 5.82 Å². The highest BCUT2D eigenvalue weighted by atomic mass is 19.1. The third-order valence-electron chi connectivity index (χ3n) is 8.06. The van der Waals surface area contributed by atoms with Crippen LogP contribution in [0.2, 0.25) is 0 Å². The summed E-state index contributed by atoms with van der Waals surface area (Å²) in [4.78, 5) is 29.8. The molecule has 1 atom stereocenters. The largest absolute Gasteiger partial charge is 0.459 e. The lowest BCUT2D eigenvalue weighted by molar-refractivity contribution is 0.0319. The number of piperazine rings is 1. The Hall–Kier alpha value is -2.93. The fourth-order valence-corrected chi connectivity index (χ4v) is 5.38. The summed E-state index contributed by atoms with van der Waals surface area (Å²) in [7, 11) is 0. The van der Waals surface area contributed by atoms with Gasteiger partial charge in [-0.15, -0.1) is 0 Å². The molecule has 1 aliphatic heterocycles. The van der Waals surface area contributed by atoms with Crippen LogP contribution in [0.15, 0.2) is 42.5 Å². The Morgan fingerprint density at radius 3 is 2.05 bits per heavy atom. The van der Waals surface area contributed by atoms with Crippen molar-refractivity contribution in [2.75, 3.05) is 37.6 Å². The predicted molar refractivity (Wildman–Crippen MR) is 168 cm³/mol. The van der Waals surface area contributed by atoms with Gasteiger partial charge in [0.15, 0.2) is 0 Å². The summed E-state index contributed by atoms with van der Waals surface area (Å²) in [6.45, 7) is 11.0. The summed E-state index contributed by atoms with van der Waals surface area (Å²) in [5.74, 6) is -1.54. The van der Waals surface area contributed by atoms with Crippen molar-refractivity contribution in [1.82, 2.24) is 4.90 Å². The molecule has 1 heterocycles. The van der Waals surface area contributed by atoms with Crippen molar-refractivity contribution in [1.29, 1.82) is 0 Å². The maximum absolute atomic E-state index is 15.0. The maximum atomic E-state index is 15.0. The van der Waals surface area contributed by atoms with Gasteiger partial charge in [-0.3, -0.25) is 4.90 Å². The number of ether oxygens (including phenoxy) is 2. The molecule has 1 aliphatic rings. The Labute approximate surface area is 252 Å². The molecular formula is C35H51FN2O4. The molecule has 0 saturated carbocycles. The lowest BCUT2D eigenvalue weighted by Gasteiger charge is -2.36. The van der Waals surface area contributed by atoms with Gasteiger partial charge in [-0.25, -0.2) is 14.0 Å². The predicted octanol–water partition coefficient (Wildman–Crippen LogP) is 8.43. The third kappa shape index (κ3) is 11.4. The number of anilines is 1. The summed E-state index contributed by atoms with van der Waals surface area (Å²) in [5.41, 5.74) is 1.05. The van der Waals surface area contributed by atoms with Gasteiger partial charge in [0.05, 0.1) is 17.2 Å². The monoisotopic (exact) mass is 582 g/mol. The van der Waals surface area contributed by atoms with Crippen LogP contribution in [0.3, 0.4) is 0 Å². The minimum atomic E-state index is -0.769. The number of carbonyl (C=O) groups excluding carboxylic acids is 2. The van der Waals surface area contributed by atoms with Crippen molar-refractivity contribution in [3.63, 3.8) is 0 Å². The molecule has 0 spiro atoms. The van der Waals surface area contributed by atoms with Gasteiger partial charge < -0.3 is 14.4 Å². The van der Waals surface area contributed by atoms with Crippen LogP contribution < -0.4 is 9.64 Å². The molecule has 0 radical (unpaired) electrons.